The lowest BCUT2D eigenvalue weighted by molar-refractivity contribution is -0.192. The fourth-order valence-corrected chi connectivity index (χ4v) is 4.04. The molecule has 1 aromatic carbocycles. The van der Waals surface area contributed by atoms with Gasteiger partial charge in [-0.05, 0) is 42.7 Å². The molecule has 0 aliphatic carbocycles. The fourth-order valence-electron chi connectivity index (χ4n) is 4.04. The minimum atomic E-state index is -5.08. The Morgan fingerprint density at radius 2 is 2.00 bits per heavy atom. The molecule has 3 fully saturated rings. The Morgan fingerprint density at radius 3 is 2.53 bits per heavy atom. The Balaban J connectivity index is 0.000000318. The molecule has 0 spiro atoms. The second kappa shape index (κ2) is 7.94. The molecule has 30 heavy (non-hydrogen) atoms. The first kappa shape index (κ1) is 21.6. The number of carbonyl (C=O) groups is 2. The van der Waals surface area contributed by atoms with Crippen molar-refractivity contribution < 1.29 is 27.9 Å². The largest absolute Gasteiger partial charge is 0.490 e. The number of pyridine rings is 1. The van der Waals surface area contributed by atoms with Crippen LogP contribution in [0.25, 0.3) is 11.3 Å². The molecular weight excluding hydrogens is 401 g/mol. The van der Waals surface area contributed by atoms with Gasteiger partial charge in [0.05, 0.1) is 11.2 Å². The second-order valence-electron chi connectivity index (χ2n) is 7.28. The number of nitrogens with zero attached hydrogens (tertiary/aromatic N) is 2. The van der Waals surface area contributed by atoms with Crippen LogP contribution in [0.15, 0.2) is 42.6 Å². The monoisotopic (exact) mass is 422 g/mol. The Hall–Kier alpha value is -3.14. The average molecular weight is 422 g/mol. The normalized spacial score (nSPS) is 22.4. The average Bonchev–Trinajstić information content (AvgIpc) is 2.68. The van der Waals surface area contributed by atoms with Crippen LogP contribution in [0.5, 0.6) is 0 Å². The third kappa shape index (κ3) is 3.95. The molecule has 7 nitrogen and oxygen atoms in total. The van der Waals surface area contributed by atoms with E-state index < -0.39 is 12.1 Å². The number of carboxylic acids is 1. The highest BCUT2D eigenvalue weighted by Crippen LogP contribution is 2.47. The molecule has 3 aliphatic heterocycles. The van der Waals surface area contributed by atoms with E-state index in [4.69, 9.17) is 15.6 Å². The van der Waals surface area contributed by atoms with Crippen molar-refractivity contribution in [2.45, 2.75) is 31.1 Å². The molecule has 0 saturated carbocycles. The Morgan fingerprint density at radius 1 is 1.30 bits per heavy atom. The number of piperazine rings is 1. The summed E-state index contributed by atoms with van der Waals surface area (Å²) >= 11 is 0. The molecule has 0 radical (unpaired) electrons. The van der Waals surface area contributed by atoms with Crippen molar-refractivity contribution in [2.75, 3.05) is 13.1 Å². The van der Waals surface area contributed by atoms with E-state index in [1.165, 1.54) is 5.56 Å². The number of carbonyl (C=O) groups excluding carboxylic acids is 1. The Bertz CT molecular complexity index is 948. The van der Waals surface area contributed by atoms with Crippen LogP contribution in [0.4, 0.5) is 18.0 Å². The number of urea groups is 1. The third-order valence-corrected chi connectivity index (χ3v) is 5.39. The first-order valence-electron chi connectivity index (χ1n) is 9.18. The first-order valence-corrected chi connectivity index (χ1v) is 9.18. The van der Waals surface area contributed by atoms with Gasteiger partial charge in [-0.25, -0.2) is 9.59 Å². The standard InChI is InChI=1S/C18H20N4O.C2HF3O2/c1-12-5-6-13(8-15(12)16-4-2-3-7-21-16)18-9-14(10-20-11-18)22(18)17(19)23;3-2(4,5)1(6)7/h2-8,14,20H,9-11H2,1H3,(H2,19,23);(H,6,7). The summed E-state index contributed by atoms with van der Waals surface area (Å²) in [5, 5.41) is 10.5. The molecular formula is C20H21F3N4O3. The zero-order valence-corrected chi connectivity index (χ0v) is 16.1. The number of benzene rings is 1. The van der Waals surface area contributed by atoms with Crippen LogP contribution < -0.4 is 11.1 Å². The summed E-state index contributed by atoms with van der Waals surface area (Å²) in [6.07, 6.45) is -2.31. The number of fused-ring (bicyclic) bond motifs is 2. The van der Waals surface area contributed by atoms with Crippen molar-refractivity contribution >= 4 is 12.0 Å². The quantitative estimate of drug-likeness (QED) is 0.690. The molecule has 3 aliphatic rings. The summed E-state index contributed by atoms with van der Waals surface area (Å²) in [4.78, 5) is 27.1. The molecule has 3 saturated heterocycles. The summed E-state index contributed by atoms with van der Waals surface area (Å²) < 4.78 is 31.7. The number of aryl methyl sites for hydroxylation is 1. The lowest BCUT2D eigenvalue weighted by Gasteiger charge is -2.61. The van der Waals surface area contributed by atoms with Crippen molar-refractivity contribution in [3.05, 3.63) is 53.7 Å². The maximum absolute atomic E-state index is 11.9. The van der Waals surface area contributed by atoms with Crippen molar-refractivity contribution in [1.29, 1.82) is 0 Å². The van der Waals surface area contributed by atoms with E-state index in [0.29, 0.717) is 0 Å². The Kier molecular flexibility index (Phi) is 5.71. The predicted molar refractivity (Wildman–Crippen MR) is 102 cm³/mol. The minimum Gasteiger partial charge on any atom is -0.475 e. The summed E-state index contributed by atoms with van der Waals surface area (Å²) in [7, 11) is 0. The number of piperidine rings is 1. The number of alkyl halides is 3. The summed E-state index contributed by atoms with van der Waals surface area (Å²) in [6.45, 7) is 3.65. The topological polar surface area (TPSA) is 109 Å². The summed E-state index contributed by atoms with van der Waals surface area (Å²) in [5.74, 6) is -2.76. The van der Waals surface area contributed by atoms with E-state index in [1.807, 2.05) is 23.1 Å². The number of nitrogens with two attached hydrogens (primary N) is 1. The van der Waals surface area contributed by atoms with Gasteiger partial charge in [0.25, 0.3) is 0 Å². The van der Waals surface area contributed by atoms with Crippen LogP contribution in [0.2, 0.25) is 0 Å². The number of primary amides is 1. The highest BCUT2D eigenvalue weighted by atomic mass is 19.4. The maximum atomic E-state index is 11.9. The van der Waals surface area contributed by atoms with Gasteiger partial charge in [0.2, 0.25) is 0 Å². The number of carboxylic acid groups (broad SMARTS) is 1. The number of nitrogens with one attached hydrogen (secondary N) is 1. The molecule has 1 aromatic heterocycles. The summed E-state index contributed by atoms with van der Waals surface area (Å²) in [6, 6.07) is 12.2. The lowest BCUT2D eigenvalue weighted by Crippen LogP contribution is -2.76. The van der Waals surface area contributed by atoms with Crippen LogP contribution in [-0.2, 0) is 10.3 Å². The van der Waals surface area contributed by atoms with Gasteiger partial charge in [-0.15, -0.1) is 0 Å². The van der Waals surface area contributed by atoms with Gasteiger partial charge in [-0.3, -0.25) is 4.98 Å². The van der Waals surface area contributed by atoms with Crippen LogP contribution in [-0.4, -0.2) is 52.3 Å². The zero-order chi connectivity index (χ0) is 22.1. The number of aliphatic carboxylic acids is 1. The molecule has 4 N–H and O–H groups in total. The number of rotatable bonds is 2. The van der Waals surface area contributed by atoms with Crippen molar-refractivity contribution in [3.63, 3.8) is 0 Å². The van der Waals surface area contributed by atoms with Crippen molar-refractivity contribution in [1.82, 2.24) is 15.2 Å². The molecule has 2 amide bonds. The van der Waals surface area contributed by atoms with Gasteiger partial charge >= 0.3 is 18.2 Å². The fraction of sp³-hybridized carbons (Fsp3) is 0.350. The van der Waals surface area contributed by atoms with E-state index in [2.05, 4.69) is 35.4 Å². The van der Waals surface area contributed by atoms with Gasteiger partial charge in [-0.2, -0.15) is 13.2 Å². The zero-order valence-electron chi connectivity index (χ0n) is 16.1. The van der Waals surface area contributed by atoms with E-state index in [0.717, 1.165) is 36.3 Å². The molecule has 4 heterocycles. The molecule has 2 atom stereocenters. The maximum Gasteiger partial charge on any atom is 0.490 e. The summed E-state index contributed by atoms with van der Waals surface area (Å²) in [5.41, 5.74) is 9.69. The second-order valence-corrected chi connectivity index (χ2v) is 7.28. The van der Waals surface area contributed by atoms with Gasteiger partial charge in [0.15, 0.2) is 0 Å². The molecule has 10 heteroatoms. The highest BCUT2D eigenvalue weighted by molar-refractivity contribution is 5.76. The highest BCUT2D eigenvalue weighted by Gasteiger charge is 2.57. The molecule has 2 bridgehead atoms. The van der Waals surface area contributed by atoms with E-state index in [9.17, 15) is 18.0 Å². The molecule has 2 unspecified atom stereocenters. The third-order valence-electron chi connectivity index (χ3n) is 5.39. The number of aromatic nitrogens is 1. The smallest absolute Gasteiger partial charge is 0.475 e. The van der Waals surface area contributed by atoms with Crippen LogP contribution in [0.3, 0.4) is 0 Å². The first-order chi connectivity index (χ1) is 14.1. The van der Waals surface area contributed by atoms with Crippen LogP contribution in [0, 0.1) is 6.92 Å². The lowest BCUT2D eigenvalue weighted by atomic mass is 9.70. The van der Waals surface area contributed by atoms with Crippen molar-refractivity contribution in [2.24, 2.45) is 5.73 Å². The SMILES string of the molecule is Cc1ccc(C23CNCC(C2)N3C(N)=O)cc1-c1ccccn1.O=C(O)C(F)(F)F. The number of hydrogen-bond donors (Lipinski definition) is 3. The molecule has 160 valence electrons. The number of amides is 2. The van der Waals surface area contributed by atoms with Gasteiger partial charge < -0.3 is 21.1 Å². The van der Waals surface area contributed by atoms with Gasteiger partial charge in [0.1, 0.15) is 0 Å². The molecule has 5 rings (SSSR count). The van der Waals surface area contributed by atoms with Crippen molar-refractivity contribution in [3.8, 4) is 11.3 Å². The number of hydrogen-bond acceptors (Lipinski definition) is 4. The minimum absolute atomic E-state index is 0.209. The predicted octanol–water partition coefficient (Wildman–Crippen LogP) is 2.64. The van der Waals surface area contributed by atoms with E-state index in [-0.39, 0.29) is 17.6 Å². The van der Waals surface area contributed by atoms with Crippen LogP contribution >= 0.6 is 0 Å². The Labute approximate surface area is 170 Å². The van der Waals surface area contributed by atoms with Gasteiger partial charge in [-0.1, -0.05) is 18.2 Å². The van der Waals surface area contributed by atoms with Crippen LogP contribution in [0.1, 0.15) is 17.5 Å². The van der Waals surface area contributed by atoms with Gasteiger partial charge in [0, 0.05) is 30.9 Å². The molecule has 2 aromatic rings. The van der Waals surface area contributed by atoms with E-state index >= 15 is 0 Å². The van der Waals surface area contributed by atoms with E-state index in [1.54, 1.807) is 6.20 Å². The number of halogens is 3.